The van der Waals surface area contributed by atoms with Gasteiger partial charge in [0.25, 0.3) is 5.91 Å². The van der Waals surface area contributed by atoms with Crippen LogP contribution in [-0.2, 0) is 36.5 Å². The summed E-state index contributed by atoms with van der Waals surface area (Å²) in [6.07, 6.45) is -0.293. The average molecular weight is 500 g/mol. The fourth-order valence-corrected chi connectivity index (χ4v) is 4.51. The van der Waals surface area contributed by atoms with Crippen LogP contribution in [-0.4, -0.2) is 41.2 Å². The molecule has 188 valence electrons. The van der Waals surface area contributed by atoms with E-state index in [2.05, 4.69) is 5.32 Å². The number of alkyl halides is 3. The number of carbonyl (C=O) groups is 4. The molecule has 1 N–H and O–H groups in total. The first-order valence-corrected chi connectivity index (χ1v) is 11.4. The number of esters is 1. The zero-order valence-corrected chi connectivity index (χ0v) is 19.0. The lowest BCUT2D eigenvalue weighted by atomic mass is 9.85. The standard InChI is InChI=1S/C26H23F3N2O5/c27-26(28,29)19-12-6-7-13-20(19)30-22(32)15-36-25(35)21(14-16-8-2-1-3-9-16)31-23(33)17-10-4-5-11-18(17)24(31)34/h1-9,12-13,17-18,21H,10-11,14-15H2,(H,30,32)/t17-,18-,21+/m1/s1. The molecule has 1 fully saturated rings. The lowest BCUT2D eigenvalue weighted by Gasteiger charge is -2.25. The summed E-state index contributed by atoms with van der Waals surface area (Å²) in [5, 5.41) is 2.10. The van der Waals surface area contributed by atoms with Crippen LogP contribution in [0.3, 0.4) is 0 Å². The third kappa shape index (κ3) is 5.32. The van der Waals surface area contributed by atoms with Gasteiger partial charge in [-0.3, -0.25) is 19.3 Å². The highest BCUT2D eigenvalue weighted by Crippen LogP contribution is 2.37. The molecule has 1 aliphatic heterocycles. The van der Waals surface area contributed by atoms with Gasteiger partial charge in [-0.25, -0.2) is 4.79 Å². The molecule has 1 heterocycles. The number of nitrogens with one attached hydrogen (secondary N) is 1. The number of para-hydroxylation sites is 1. The summed E-state index contributed by atoms with van der Waals surface area (Å²) in [5.74, 6) is -4.06. The SMILES string of the molecule is O=C(COC(=O)[C@H](Cc1ccccc1)N1C(=O)[C@@H]2CC=CC[C@H]2C1=O)Nc1ccccc1C(F)(F)F. The molecule has 0 bridgehead atoms. The Balaban J connectivity index is 1.49. The van der Waals surface area contributed by atoms with Gasteiger partial charge in [-0.1, -0.05) is 54.6 Å². The average Bonchev–Trinajstić information content (AvgIpc) is 3.11. The quantitative estimate of drug-likeness (QED) is 0.355. The normalized spacial score (nSPS) is 20.1. The highest BCUT2D eigenvalue weighted by molar-refractivity contribution is 6.08. The number of anilines is 1. The fourth-order valence-electron chi connectivity index (χ4n) is 4.51. The molecule has 4 rings (SSSR count). The van der Waals surface area contributed by atoms with E-state index in [0.29, 0.717) is 18.4 Å². The van der Waals surface area contributed by atoms with Crippen molar-refractivity contribution in [2.75, 3.05) is 11.9 Å². The van der Waals surface area contributed by atoms with Crippen LogP contribution in [0.25, 0.3) is 0 Å². The van der Waals surface area contributed by atoms with Crippen molar-refractivity contribution in [3.8, 4) is 0 Å². The highest BCUT2D eigenvalue weighted by atomic mass is 19.4. The number of nitrogens with zero attached hydrogens (tertiary/aromatic N) is 1. The number of halogens is 3. The molecule has 0 spiro atoms. The van der Waals surface area contributed by atoms with E-state index in [1.165, 1.54) is 12.1 Å². The first-order chi connectivity index (χ1) is 17.2. The Bertz CT molecular complexity index is 1170. The van der Waals surface area contributed by atoms with E-state index < -0.39 is 65.6 Å². The molecule has 3 amide bonds. The van der Waals surface area contributed by atoms with Gasteiger partial charge in [-0.2, -0.15) is 13.2 Å². The van der Waals surface area contributed by atoms with Gasteiger partial charge in [0, 0.05) is 6.42 Å². The molecule has 1 saturated heterocycles. The number of ether oxygens (including phenoxy) is 1. The molecule has 36 heavy (non-hydrogen) atoms. The van der Waals surface area contributed by atoms with Crippen molar-refractivity contribution in [1.29, 1.82) is 0 Å². The van der Waals surface area contributed by atoms with Crippen molar-refractivity contribution in [2.24, 2.45) is 11.8 Å². The Morgan fingerprint density at radius 3 is 2.14 bits per heavy atom. The molecule has 3 atom stereocenters. The largest absolute Gasteiger partial charge is 0.454 e. The molecular weight excluding hydrogens is 477 g/mol. The molecule has 0 unspecified atom stereocenters. The maximum atomic E-state index is 13.2. The van der Waals surface area contributed by atoms with Gasteiger partial charge in [-0.05, 0) is 30.5 Å². The number of allylic oxidation sites excluding steroid dienone is 2. The van der Waals surface area contributed by atoms with E-state index >= 15 is 0 Å². The number of rotatable bonds is 7. The molecule has 2 aliphatic rings. The van der Waals surface area contributed by atoms with Crippen molar-refractivity contribution in [3.05, 3.63) is 77.9 Å². The first kappa shape index (κ1) is 25.2. The minimum absolute atomic E-state index is 0.0252. The second-order valence-electron chi connectivity index (χ2n) is 8.61. The summed E-state index contributed by atoms with van der Waals surface area (Å²) in [6.45, 7) is -0.888. The second kappa shape index (κ2) is 10.3. The molecule has 7 nitrogen and oxygen atoms in total. The van der Waals surface area contributed by atoms with E-state index in [4.69, 9.17) is 4.74 Å². The number of imide groups is 1. The molecular formula is C26H23F3N2O5. The first-order valence-electron chi connectivity index (χ1n) is 11.4. The minimum atomic E-state index is -4.69. The van der Waals surface area contributed by atoms with Crippen LogP contribution in [0.1, 0.15) is 24.0 Å². The third-order valence-electron chi connectivity index (χ3n) is 6.25. The Labute approximate surface area is 204 Å². The van der Waals surface area contributed by atoms with E-state index in [-0.39, 0.29) is 6.42 Å². The molecule has 2 aromatic rings. The molecule has 10 heteroatoms. The van der Waals surface area contributed by atoms with Crippen LogP contribution < -0.4 is 5.32 Å². The van der Waals surface area contributed by atoms with Gasteiger partial charge in [0.1, 0.15) is 6.04 Å². The van der Waals surface area contributed by atoms with Gasteiger partial charge in [0.05, 0.1) is 23.1 Å². The third-order valence-corrected chi connectivity index (χ3v) is 6.25. The molecule has 0 aromatic heterocycles. The highest BCUT2D eigenvalue weighted by Gasteiger charge is 2.51. The number of amides is 3. The topological polar surface area (TPSA) is 92.8 Å². The Morgan fingerprint density at radius 2 is 1.53 bits per heavy atom. The lowest BCUT2D eigenvalue weighted by molar-refractivity contribution is -0.160. The molecule has 1 aliphatic carbocycles. The number of hydrogen-bond acceptors (Lipinski definition) is 5. The summed E-state index contributed by atoms with van der Waals surface area (Å²) >= 11 is 0. The van der Waals surface area contributed by atoms with Crippen LogP contribution in [0.5, 0.6) is 0 Å². The van der Waals surface area contributed by atoms with Gasteiger partial charge in [-0.15, -0.1) is 0 Å². The minimum Gasteiger partial charge on any atom is -0.454 e. The molecule has 2 aromatic carbocycles. The maximum absolute atomic E-state index is 13.2. The predicted molar refractivity (Wildman–Crippen MR) is 122 cm³/mol. The van der Waals surface area contributed by atoms with Gasteiger partial charge < -0.3 is 10.1 Å². The zero-order valence-electron chi connectivity index (χ0n) is 19.0. The summed E-state index contributed by atoms with van der Waals surface area (Å²) in [5.41, 5.74) is -0.860. The van der Waals surface area contributed by atoms with Gasteiger partial charge >= 0.3 is 12.1 Å². The van der Waals surface area contributed by atoms with Crippen molar-refractivity contribution in [3.63, 3.8) is 0 Å². The Kier molecular flexibility index (Phi) is 7.23. The van der Waals surface area contributed by atoms with Crippen LogP contribution in [0.15, 0.2) is 66.7 Å². The van der Waals surface area contributed by atoms with E-state index in [1.54, 1.807) is 30.3 Å². The number of fused-ring (bicyclic) bond motifs is 1. The fraction of sp³-hybridized carbons (Fsp3) is 0.308. The Hall–Kier alpha value is -3.95. The summed E-state index contributed by atoms with van der Waals surface area (Å²) < 4.78 is 44.7. The van der Waals surface area contributed by atoms with Gasteiger partial charge in [0.15, 0.2) is 6.61 Å². The van der Waals surface area contributed by atoms with E-state index in [9.17, 15) is 32.3 Å². The molecule has 0 saturated carbocycles. The van der Waals surface area contributed by atoms with Crippen LogP contribution in [0.4, 0.5) is 18.9 Å². The number of carbonyl (C=O) groups excluding carboxylic acids is 4. The van der Waals surface area contributed by atoms with Crippen molar-refractivity contribution < 1.29 is 37.1 Å². The van der Waals surface area contributed by atoms with Crippen LogP contribution >= 0.6 is 0 Å². The number of benzene rings is 2. The lowest BCUT2D eigenvalue weighted by Crippen LogP contribution is -2.48. The van der Waals surface area contributed by atoms with Crippen LogP contribution in [0.2, 0.25) is 0 Å². The van der Waals surface area contributed by atoms with E-state index in [0.717, 1.165) is 17.0 Å². The zero-order chi connectivity index (χ0) is 25.9. The molecule has 0 radical (unpaired) electrons. The summed E-state index contributed by atoms with van der Waals surface area (Å²) in [6, 6.07) is 11.8. The number of hydrogen-bond donors (Lipinski definition) is 1. The maximum Gasteiger partial charge on any atom is 0.418 e. The Morgan fingerprint density at radius 1 is 0.944 bits per heavy atom. The summed E-state index contributed by atoms with van der Waals surface area (Å²) in [7, 11) is 0. The smallest absolute Gasteiger partial charge is 0.418 e. The van der Waals surface area contributed by atoms with Crippen LogP contribution in [0, 0.1) is 11.8 Å². The summed E-state index contributed by atoms with van der Waals surface area (Å²) in [4.78, 5) is 52.5. The van der Waals surface area contributed by atoms with Crippen molar-refractivity contribution >= 4 is 29.4 Å². The van der Waals surface area contributed by atoms with Crippen molar-refractivity contribution in [1.82, 2.24) is 4.90 Å². The van der Waals surface area contributed by atoms with Gasteiger partial charge in [0.2, 0.25) is 11.8 Å². The predicted octanol–water partition coefficient (Wildman–Crippen LogP) is 3.75. The second-order valence-corrected chi connectivity index (χ2v) is 8.61. The number of likely N-dealkylation sites (tertiary alicyclic amines) is 1. The van der Waals surface area contributed by atoms with Crippen molar-refractivity contribution in [2.45, 2.75) is 31.5 Å². The monoisotopic (exact) mass is 500 g/mol. The van der Waals surface area contributed by atoms with E-state index in [1.807, 2.05) is 12.2 Å².